The highest BCUT2D eigenvalue weighted by Gasteiger charge is 2.52. The highest BCUT2D eigenvalue weighted by molar-refractivity contribution is 6.62. The Labute approximate surface area is 186 Å². The van der Waals surface area contributed by atoms with Crippen molar-refractivity contribution in [2.45, 2.75) is 57.8 Å². The number of carbonyl (C=O) groups excluding carboxylic acids is 1. The average molecular weight is 447 g/mol. The zero-order chi connectivity index (χ0) is 22.6. The second-order valence-electron chi connectivity index (χ2n) is 8.89. The lowest BCUT2D eigenvalue weighted by Crippen LogP contribution is -2.41. The van der Waals surface area contributed by atoms with Gasteiger partial charge in [-0.1, -0.05) is 29.8 Å². The van der Waals surface area contributed by atoms with E-state index < -0.39 is 30.2 Å². The molecule has 2 aliphatic rings. The van der Waals surface area contributed by atoms with Crippen LogP contribution in [0.1, 0.15) is 61.7 Å². The molecule has 0 amide bonds. The van der Waals surface area contributed by atoms with Crippen molar-refractivity contribution in [3.8, 4) is 11.5 Å². The van der Waals surface area contributed by atoms with Crippen LogP contribution in [0.25, 0.3) is 0 Å². The second kappa shape index (κ2) is 7.80. The molecule has 0 spiro atoms. The monoisotopic (exact) mass is 446 g/mol. The van der Waals surface area contributed by atoms with Crippen LogP contribution in [0.3, 0.4) is 0 Å². The summed E-state index contributed by atoms with van der Waals surface area (Å²) in [6, 6.07) is 7.24. The maximum Gasteiger partial charge on any atom is 0.495 e. The van der Waals surface area contributed by atoms with Crippen LogP contribution in [0, 0.1) is 5.82 Å². The molecule has 0 saturated carbocycles. The van der Waals surface area contributed by atoms with Gasteiger partial charge in [0.05, 0.1) is 28.9 Å². The molecule has 1 fully saturated rings. The number of methoxy groups -OCH3 is 1. The third-order valence-corrected chi connectivity index (χ3v) is 6.79. The fourth-order valence-corrected chi connectivity index (χ4v) is 4.35. The first-order valence-electron chi connectivity index (χ1n) is 10.2. The summed E-state index contributed by atoms with van der Waals surface area (Å²) in [5.41, 5.74) is 2.14. The van der Waals surface area contributed by atoms with Gasteiger partial charge in [-0.2, -0.15) is 4.39 Å². The molecule has 0 aromatic heterocycles. The van der Waals surface area contributed by atoms with Gasteiger partial charge >= 0.3 is 7.12 Å². The van der Waals surface area contributed by atoms with Gasteiger partial charge in [-0.3, -0.25) is 4.79 Å². The molecule has 1 aliphatic carbocycles. The van der Waals surface area contributed by atoms with E-state index in [4.69, 9.17) is 30.4 Å². The molecule has 2 aromatic rings. The molecule has 31 heavy (non-hydrogen) atoms. The molecule has 1 aliphatic heterocycles. The molecule has 1 atom stereocenters. The summed E-state index contributed by atoms with van der Waals surface area (Å²) in [4.78, 5) is 11.2. The molecule has 1 saturated heterocycles. The number of halogens is 2. The number of benzene rings is 2. The maximum absolute atomic E-state index is 15.0. The minimum Gasteiger partial charge on any atom is -0.493 e. The van der Waals surface area contributed by atoms with Crippen molar-refractivity contribution < 1.29 is 28.0 Å². The van der Waals surface area contributed by atoms with Gasteiger partial charge in [0.2, 0.25) is 5.82 Å². The summed E-state index contributed by atoms with van der Waals surface area (Å²) in [7, 11) is 0.816. The second-order valence-corrected chi connectivity index (χ2v) is 9.30. The van der Waals surface area contributed by atoms with Gasteiger partial charge in [-0.15, -0.1) is 0 Å². The molecule has 2 aromatic carbocycles. The molecular formula is C23H25BClFO5. The summed E-state index contributed by atoms with van der Waals surface area (Å²) < 4.78 is 38.5. The lowest BCUT2D eigenvalue weighted by Gasteiger charge is -2.32. The first-order chi connectivity index (χ1) is 14.6. The largest absolute Gasteiger partial charge is 0.495 e. The van der Waals surface area contributed by atoms with E-state index in [1.54, 1.807) is 0 Å². The Balaban J connectivity index is 1.66. The van der Waals surface area contributed by atoms with Crippen molar-refractivity contribution in [1.29, 1.82) is 0 Å². The number of carbonyl (C=O) groups is 1. The van der Waals surface area contributed by atoms with Crippen LogP contribution in [-0.4, -0.2) is 31.7 Å². The number of fused-ring (bicyclic) bond motifs is 1. The fraction of sp³-hybridized carbons (Fsp3) is 0.435. The first kappa shape index (κ1) is 22.1. The Bertz CT molecular complexity index is 1020. The van der Waals surface area contributed by atoms with Crippen LogP contribution < -0.4 is 14.9 Å². The predicted octanol–water partition coefficient (Wildman–Crippen LogP) is 4.67. The van der Waals surface area contributed by atoms with E-state index in [0.717, 1.165) is 23.0 Å². The molecule has 5 nitrogen and oxygen atoms in total. The van der Waals surface area contributed by atoms with Gasteiger partial charge in [0.15, 0.2) is 17.8 Å². The standard InChI is InChI=1S/C23H25BClFO5/c1-22(2)23(3,4)31-24(30-22)16-8-6-7-15-14(16)9-10-18(15)29-21-17(25)11-13(12-27)20(28-5)19(21)26/h6-8,11-12,18H,9-10H2,1-5H3. The molecule has 0 bridgehead atoms. The zero-order valence-corrected chi connectivity index (χ0v) is 19.0. The van der Waals surface area contributed by atoms with Crippen molar-refractivity contribution in [3.05, 3.63) is 51.8 Å². The quantitative estimate of drug-likeness (QED) is 0.494. The van der Waals surface area contributed by atoms with E-state index in [1.807, 2.05) is 45.9 Å². The number of rotatable bonds is 5. The molecule has 4 rings (SSSR count). The summed E-state index contributed by atoms with van der Waals surface area (Å²) in [6.07, 6.45) is 1.50. The van der Waals surface area contributed by atoms with E-state index >= 15 is 0 Å². The molecule has 8 heteroatoms. The van der Waals surface area contributed by atoms with Crippen LogP contribution in [0.2, 0.25) is 5.02 Å². The zero-order valence-electron chi connectivity index (χ0n) is 18.3. The van der Waals surface area contributed by atoms with Gasteiger partial charge in [0.1, 0.15) is 6.10 Å². The van der Waals surface area contributed by atoms with E-state index in [9.17, 15) is 9.18 Å². The summed E-state index contributed by atoms with van der Waals surface area (Å²) in [6.45, 7) is 8.07. The van der Waals surface area contributed by atoms with E-state index in [2.05, 4.69) is 0 Å². The Kier molecular flexibility index (Phi) is 5.57. The Morgan fingerprint density at radius 3 is 2.48 bits per heavy atom. The van der Waals surface area contributed by atoms with Crippen molar-refractivity contribution >= 4 is 30.5 Å². The molecule has 0 radical (unpaired) electrons. The maximum atomic E-state index is 15.0. The van der Waals surface area contributed by atoms with E-state index in [0.29, 0.717) is 12.7 Å². The Morgan fingerprint density at radius 1 is 1.19 bits per heavy atom. The highest BCUT2D eigenvalue weighted by atomic mass is 35.5. The van der Waals surface area contributed by atoms with E-state index in [1.165, 1.54) is 13.2 Å². The van der Waals surface area contributed by atoms with Crippen LogP contribution in [0.5, 0.6) is 11.5 Å². The highest BCUT2D eigenvalue weighted by Crippen LogP contribution is 2.43. The molecule has 164 valence electrons. The van der Waals surface area contributed by atoms with Gasteiger partial charge in [0, 0.05) is 0 Å². The lowest BCUT2D eigenvalue weighted by atomic mass is 9.75. The molecule has 0 N–H and O–H groups in total. The smallest absolute Gasteiger partial charge is 0.493 e. The summed E-state index contributed by atoms with van der Waals surface area (Å²) >= 11 is 6.23. The third-order valence-electron chi connectivity index (χ3n) is 6.51. The average Bonchev–Trinajstić information content (AvgIpc) is 3.21. The van der Waals surface area contributed by atoms with Crippen molar-refractivity contribution in [2.24, 2.45) is 0 Å². The van der Waals surface area contributed by atoms with Gasteiger partial charge in [-0.05, 0) is 63.2 Å². The normalized spacial score (nSPS) is 21.1. The van der Waals surface area contributed by atoms with Crippen molar-refractivity contribution in [1.82, 2.24) is 0 Å². The fourth-order valence-electron chi connectivity index (χ4n) is 4.11. The molecule has 1 unspecified atom stereocenters. The minimum absolute atomic E-state index is 0.0240. The minimum atomic E-state index is -0.785. The van der Waals surface area contributed by atoms with Gasteiger partial charge < -0.3 is 18.8 Å². The van der Waals surface area contributed by atoms with Crippen molar-refractivity contribution in [3.63, 3.8) is 0 Å². The number of aldehydes is 1. The van der Waals surface area contributed by atoms with Crippen LogP contribution >= 0.6 is 11.6 Å². The topological polar surface area (TPSA) is 54.0 Å². The molecule has 1 heterocycles. The Morgan fingerprint density at radius 2 is 1.87 bits per heavy atom. The summed E-state index contributed by atoms with van der Waals surface area (Å²) in [5, 5.41) is 0.0240. The van der Waals surface area contributed by atoms with Crippen LogP contribution in [0.4, 0.5) is 4.39 Å². The van der Waals surface area contributed by atoms with Crippen LogP contribution in [0.15, 0.2) is 24.3 Å². The number of hydrogen-bond acceptors (Lipinski definition) is 5. The third kappa shape index (κ3) is 3.62. The van der Waals surface area contributed by atoms with Crippen LogP contribution in [-0.2, 0) is 15.7 Å². The lowest BCUT2D eigenvalue weighted by molar-refractivity contribution is 0.00578. The van der Waals surface area contributed by atoms with Gasteiger partial charge in [0.25, 0.3) is 0 Å². The van der Waals surface area contributed by atoms with Crippen molar-refractivity contribution in [2.75, 3.05) is 7.11 Å². The Hall–Kier alpha value is -2.09. The number of hydrogen-bond donors (Lipinski definition) is 0. The number of ether oxygens (including phenoxy) is 2. The van der Waals surface area contributed by atoms with E-state index in [-0.39, 0.29) is 22.1 Å². The first-order valence-corrected chi connectivity index (χ1v) is 10.6. The predicted molar refractivity (Wildman–Crippen MR) is 117 cm³/mol. The summed E-state index contributed by atoms with van der Waals surface area (Å²) in [5.74, 6) is -1.09. The molecular weight excluding hydrogens is 422 g/mol. The van der Waals surface area contributed by atoms with Gasteiger partial charge in [-0.25, -0.2) is 0 Å². The SMILES string of the molecule is COc1c(C=O)cc(Cl)c(OC2CCc3c(B4OC(C)(C)C(C)(C)O4)cccc32)c1F.